The third-order valence-corrected chi connectivity index (χ3v) is 13.9. The molecular weight excluding hydrogens is 825 g/mol. The van der Waals surface area contributed by atoms with Gasteiger partial charge < -0.3 is 9.13 Å². The standard InChI is InChI=1S/C64H40N4/c1-4-17-41(18-5-1)43-31-33-44(34-32-43)64-65-57-36-35-48(38-55(57)62(66-64)46-22-16-21-45(37-46)42-19-6-2-7-20-42)67-58-30-15-14-27-51(58)54-39-56-60(40-59(54)67)68(47-23-8-3-9-24-47)63-53-29-13-11-26-50(53)49-25-10-12-28-52(49)61(56)63/h1-40H. The van der Waals surface area contributed by atoms with Crippen molar-refractivity contribution in [2.75, 3.05) is 0 Å². The lowest BCUT2D eigenvalue weighted by atomic mass is 9.96. The molecule has 0 spiro atoms. The van der Waals surface area contributed by atoms with Crippen LogP contribution in [-0.2, 0) is 0 Å². The summed E-state index contributed by atoms with van der Waals surface area (Å²) in [4.78, 5) is 10.8. The van der Waals surface area contributed by atoms with Crippen LogP contribution in [0, 0.1) is 0 Å². The molecule has 0 amide bonds. The van der Waals surface area contributed by atoms with Crippen LogP contribution in [-0.4, -0.2) is 19.1 Å². The first-order valence-corrected chi connectivity index (χ1v) is 23.2. The van der Waals surface area contributed by atoms with Crippen LogP contribution < -0.4 is 0 Å². The molecule has 0 aliphatic rings. The van der Waals surface area contributed by atoms with Gasteiger partial charge in [0.15, 0.2) is 5.82 Å². The van der Waals surface area contributed by atoms with Crippen molar-refractivity contribution in [3.63, 3.8) is 0 Å². The summed E-state index contributed by atoms with van der Waals surface area (Å²) in [5.74, 6) is 0.693. The van der Waals surface area contributed by atoms with Crippen LogP contribution in [0.2, 0.25) is 0 Å². The number of rotatable bonds is 6. The van der Waals surface area contributed by atoms with Gasteiger partial charge in [0.2, 0.25) is 0 Å². The zero-order chi connectivity index (χ0) is 44.7. The Morgan fingerprint density at radius 3 is 1.57 bits per heavy atom. The van der Waals surface area contributed by atoms with Crippen LogP contribution in [0.4, 0.5) is 0 Å². The van der Waals surface area contributed by atoms with Crippen LogP contribution in [0.1, 0.15) is 0 Å². The van der Waals surface area contributed by atoms with Crippen molar-refractivity contribution >= 4 is 76.1 Å². The molecule has 0 fully saturated rings. The van der Waals surface area contributed by atoms with E-state index in [-0.39, 0.29) is 0 Å². The summed E-state index contributed by atoms with van der Waals surface area (Å²) in [6, 6.07) is 87.4. The number of fused-ring (bicyclic) bond motifs is 12. The number of hydrogen-bond acceptors (Lipinski definition) is 2. The van der Waals surface area contributed by atoms with Gasteiger partial charge in [0.1, 0.15) is 0 Å². The molecule has 14 aromatic rings. The zero-order valence-electron chi connectivity index (χ0n) is 36.9. The van der Waals surface area contributed by atoms with Crippen molar-refractivity contribution in [2.24, 2.45) is 0 Å². The Labute approximate surface area is 392 Å². The van der Waals surface area contributed by atoms with Gasteiger partial charge in [0, 0.05) is 54.8 Å². The molecule has 4 nitrogen and oxygen atoms in total. The van der Waals surface area contributed by atoms with E-state index in [1.54, 1.807) is 0 Å². The molecule has 0 saturated carbocycles. The van der Waals surface area contributed by atoms with E-state index in [0.717, 1.165) is 72.3 Å². The van der Waals surface area contributed by atoms with Gasteiger partial charge in [0.05, 0.1) is 33.3 Å². The smallest absolute Gasteiger partial charge is 0.160 e. The molecule has 3 heterocycles. The predicted octanol–water partition coefficient (Wildman–Crippen LogP) is 16.8. The Morgan fingerprint density at radius 1 is 0.265 bits per heavy atom. The van der Waals surface area contributed by atoms with Gasteiger partial charge in [-0.05, 0) is 93.0 Å². The fourth-order valence-electron chi connectivity index (χ4n) is 10.8. The second kappa shape index (κ2) is 15.2. The highest BCUT2D eigenvalue weighted by Crippen LogP contribution is 2.45. The summed E-state index contributed by atoms with van der Waals surface area (Å²) in [6.45, 7) is 0. The minimum absolute atomic E-state index is 0.693. The Morgan fingerprint density at radius 2 is 0.824 bits per heavy atom. The summed E-state index contributed by atoms with van der Waals surface area (Å²) in [5.41, 5.74) is 15.3. The van der Waals surface area contributed by atoms with E-state index < -0.39 is 0 Å². The molecule has 3 aromatic heterocycles. The Hall–Kier alpha value is -9.12. The molecule has 0 aliphatic heterocycles. The van der Waals surface area contributed by atoms with E-state index in [0.29, 0.717) is 5.82 Å². The predicted molar refractivity (Wildman–Crippen MR) is 285 cm³/mol. The molecular formula is C64H40N4. The summed E-state index contributed by atoms with van der Waals surface area (Å²) in [5, 5.41) is 10.9. The minimum atomic E-state index is 0.693. The Kier molecular flexibility index (Phi) is 8.55. The number of nitrogens with zero attached hydrogens (tertiary/aromatic N) is 4. The molecule has 0 saturated heterocycles. The average Bonchev–Trinajstić information content (AvgIpc) is 3.93. The molecule has 0 radical (unpaired) electrons. The quantitative estimate of drug-likeness (QED) is 0.156. The Bertz CT molecular complexity index is 4280. The molecule has 0 atom stereocenters. The fraction of sp³-hybridized carbons (Fsp3) is 0. The fourth-order valence-corrected chi connectivity index (χ4v) is 10.8. The van der Waals surface area contributed by atoms with Gasteiger partial charge in [-0.15, -0.1) is 0 Å². The summed E-state index contributed by atoms with van der Waals surface area (Å²) < 4.78 is 4.92. The van der Waals surface area contributed by atoms with Crippen LogP contribution in [0.25, 0.3) is 132 Å². The SMILES string of the molecule is c1ccc(-c2ccc(-c3nc(-c4cccc(-c5ccccc5)c4)c4cc(-n5c6ccccc6c6cc7c8c9ccccc9c9ccccc9c8n(-c8ccccc8)c7cc65)ccc4n3)cc2)cc1. The summed E-state index contributed by atoms with van der Waals surface area (Å²) >= 11 is 0. The molecule has 0 bridgehead atoms. The van der Waals surface area contributed by atoms with Gasteiger partial charge in [-0.2, -0.15) is 0 Å². The third kappa shape index (κ3) is 5.94. The molecule has 0 aliphatic carbocycles. The topological polar surface area (TPSA) is 35.6 Å². The maximum absolute atomic E-state index is 5.46. The number of aromatic nitrogens is 4. The number of benzene rings is 11. The van der Waals surface area contributed by atoms with E-state index in [2.05, 4.69) is 252 Å². The molecule has 68 heavy (non-hydrogen) atoms. The van der Waals surface area contributed by atoms with E-state index in [1.807, 2.05) is 0 Å². The van der Waals surface area contributed by atoms with Crippen molar-refractivity contribution in [1.29, 1.82) is 0 Å². The van der Waals surface area contributed by atoms with E-state index in [4.69, 9.17) is 9.97 Å². The normalized spacial score (nSPS) is 11.8. The van der Waals surface area contributed by atoms with Gasteiger partial charge >= 0.3 is 0 Å². The molecule has 0 N–H and O–H groups in total. The number of hydrogen-bond donors (Lipinski definition) is 0. The first-order valence-electron chi connectivity index (χ1n) is 23.2. The second-order valence-electron chi connectivity index (χ2n) is 17.7. The van der Waals surface area contributed by atoms with Crippen molar-refractivity contribution in [1.82, 2.24) is 19.1 Å². The van der Waals surface area contributed by atoms with E-state index >= 15 is 0 Å². The van der Waals surface area contributed by atoms with Crippen LogP contribution >= 0.6 is 0 Å². The van der Waals surface area contributed by atoms with Gasteiger partial charge in [-0.25, -0.2) is 9.97 Å². The highest BCUT2D eigenvalue weighted by Gasteiger charge is 2.23. The third-order valence-electron chi connectivity index (χ3n) is 13.9. The van der Waals surface area contributed by atoms with Crippen molar-refractivity contribution < 1.29 is 0 Å². The van der Waals surface area contributed by atoms with Crippen LogP contribution in [0.5, 0.6) is 0 Å². The van der Waals surface area contributed by atoms with Crippen molar-refractivity contribution in [3.8, 4) is 56.3 Å². The zero-order valence-corrected chi connectivity index (χ0v) is 36.9. The van der Waals surface area contributed by atoms with Crippen molar-refractivity contribution in [2.45, 2.75) is 0 Å². The van der Waals surface area contributed by atoms with E-state index in [9.17, 15) is 0 Å². The molecule has 14 rings (SSSR count). The lowest BCUT2D eigenvalue weighted by Crippen LogP contribution is -1.99. The number of para-hydroxylation sites is 2. The van der Waals surface area contributed by atoms with E-state index in [1.165, 1.54) is 54.2 Å². The highest BCUT2D eigenvalue weighted by atomic mass is 15.0. The van der Waals surface area contributed by atoms with Crippen LogP contribution in [0.15, 0.2) is 243 Å². The maximum Gasteiger partial charge on any atom is 0.160 e. The Balaban J connectivity index is 1.04. The average molecular weight is 865 g/mol. The van der Waals surface area contributed by atoms with Crippen molar-refractivity contribution in [3.05, 3.63) is 243 Å². The first kappa shape index (κ1) is 38.2. The molecule has 11 aromatic carbocycles. The summed E-state index contributed by atoms with van der Waals surface area (Å²) in [7, 11) is 0. The second-order valence-corrected chi connectivity index (χ2v) is 17.7. The maximum atomic E-state index is 5.46. The lowest BCUT2D eigenvalue weighted by Gasteiger charge is -2.14. The lowest BCUT2D eigenvalue weighted by molar-refractivity contribution is 1.17. The minimum Gasteiger partial charge on any atom is -0.309 e. The largest absolute Gasteiger partial charge is 0.309 e. The van der Waals surface area contributed by atoms with Gasteiger partial charge in [-0.1, -0.05) is 188 Å². The van der Waals surface area contributed by atoms with Gasteiger partial charge in [-0.3, -0.25) is 0 Å². The molecule has 316 valence electrons. The summed E-state index contributed by atoms with van der Waals surface area (Å²) in [6.07, 6.45) is 0. The van der Waals surface area contributed by atoms with Gasteiger partial charge in [0.25, 0.3) is 0 Å². The first-order chi connectivity index (χ1) is 33.7. The monoisotopic (exact) mass is 864 g/mol. The highest BCUT2D eigenvalue weighted by molar-refractivity contribution is 6.33. The molecule has 0 unspecified atom stereocenters. The van der Waals surface area contributed by atoms with Crippen LogP contribution in [0.3, 0.4) is 0 Å². The molecule has 4 heteroatoms.